The Kier molecular flexibility index (Phi) is 8.83. The van der Waals surface area contributed by atoms with E-state index < -0.39 is 11.5 Å². The molecule has 1 aliphatic rings. The van der Waals surface area contributed by atoms with E-state index in [2.05, 4.69) is 25.2 Å². The van der Waals surface area contributed by atoms with Crippen molar-refractivity contribution in [3.05, 3.63) is 143 Å². The number of rotatable bonds is 9. The maximum atomic E-state index is 13.9. The molecule has 4 aromatic rings. The highest BCUT2D eigenvalue weighted by Gasteiger charge is 2.38. The van der Waals surface area contributed by atoms with Gasteiger partial charge in [-0.3, -0.25) is 9.59 Å². The van der Waals surface area contributed by atoms with Gasteiger partial charge in [0.25, 0.3) is 5.91 Å². The number of nitrogens with zero attached hydrogens (tertiary/aromatic N) is 2. The van der Waals surface area contributed by atoms with E-state index in [0.717, 1.165) is 28.7 Å². The zero-order chi connectivity index (χ0) is 29.5. The normalized spacial score (nSPS) is 16.2. The van der Waals surface area contributed by atoms with Gasteiger partial charge in [0.05, 0.1) is 17.5 Å². The largest absolute Gasteiger partial charge is 0.343 e. The predicted octanol–water partition coefficient (Wildman–Crippen LogP) is 6.86. The fourth-order valence-electron chi connectivity index (χ4n) is 6.08. The first kappa shape index (κ1) is 28.8. The van der Waals surface area contributed by atoms with Crippen molar-refractivity contribution in [2.45, 2.75) is 50.6 Å². The number of likely N-dealkylation sites (tertiary alicyclic amines) is 1. The molecule has 1 aliphatic heterocycles. The van der Waals surface area contributed by atoms with E-state index in [9.17, 15) is 14.9 Å². The third kappa shape index (κ3) is 5.99. The van der Waals surface area contributed by atoms with Crippen molar-refractivity contribution in [1.82, 2.24) is 10.2 Å². The van der Waals surface area contributed by atoms with E-state index >= 15 is 0 Å². The molecule has 0 spiro atoms. The number of benzene rings is 4. The summed E-state index contributed by atoms with van der Waals surface area (Å²) >= 11 is 0. The fourth-order valence-corrected chi connectivity index (χ4v) is 6.08. The molecule has 1 heterocycles. The molecule has 2 atom stereocenters. The van der Waals surface area contributed by atoms with Crippen LogP contribution >= 0.6 is 0 Å². The summed E-state index contributed by atoms with van der Waals surface area (Å²) in [7, 11) is 0. The van der Waals surface area contributed by atoms with Crippen molar-refractivity contribution in [3.63, 3.8) is 0 Å². The molecule has 2 amide bonds. The molecule has 1 saturated heterocycles. The van der Waals surface area contributed by atoms with Crippen molar-refractivity contribution >= 4 is 11.8 Å². The maximum absolute atomic E-state index is 13.9. The lowest BCUT2D eigenvalue weighted by Crippen LogP contribution is -2.47. The SMILES string of the molecule is CC(C)C(C#N)(Cc1cccc(C(=O)N2CCC[C@@H]2C(=O)NC(c2ccccc2)c2ccccc2)c1)c1ccccc1. The number of nitrogens with one attached hydrogen (secondary N) is 1. The highest BCUT2D eigenvalue weighted by atomic mass is 16.2. The predicted molar refractivity (Wildman–Crippen MR) is 166 cm³/mol. The minimum atomic E-state index is -0.719. The highest BCUT2D eigenvalue weighted by molar-refractivity contribution is 5.98. The molecule has 0 saturated carbocycles. The molecular weight excluding hydrogens is 518 g/mol. The van der Waals surface area contributed by atoms with Crippen LogP contribution in [0.5, 0.6) is 0 Å². The third-order valence-corrected chi connectivity index (χ3v) is 8.50. The van der Waals surface area contributed by atoms with Crippen LogP contribution in [-0.4, -0.2) is 29.3 Å². The Morgan fingerprint density at radius 1 is 0.881 bits per heavy atom. The summed E-state index contributed by atoms with van der Waals surface area (Å²) in [5.74, 6) is -0.238. The molecule has 0 radical (unpaired) electrons. The summed E-state index contributed by atoms with van der Waals surface area (Å²) in [6.45, 7) is 4.66. The van der Waals surface area contributed by atoms with Crippen LogP contribution < -0.4 is 5.32 Å². The van der Waals surface area contributed by atoms with Gasteiger partial charge < -0.3 is 10.2 Å². The summed E-state index contributed by atoms with van der Waals surface area (Å²) in [6, 6.07) is 39.0. The summed E-state index contributed by atoms with van der Waals surface area (Å²) < 4.78 is 0. The third-order valence-electron chi connectivity index (χ3n) is 8.50. The van der Waals surface area contributed by atoms with Gasteiger partial charge in [-0.15, -0.1) is 0 Å². The molecule has 1 fully saturated rings. The van der Waals surface area contributed by atoms with Gasteiger partial charge in [-0.2, -0.15) is 5.26 Å². The molecule has 0 bridgehead atoms. The van der Waals surface area contributed by atoms with Crippen LogP contribution in [0.2, 0.25) is 0 Å². The van der Waals surface area contributed by atoms with Crippen molar-refractivity contribution in [2.24, 2.45) is 5.92 Å². The number of carbonyl (C=O) groups excluding carboxylic acids is 2. The van der Waals surface area contributed by atoms with Gasteiger partial charge in [0.1, 0.15) is 6.04 Å². The molecule has 5 rings (SSSR count). The zero-order valence-electron chi connectivity index (χ0n) is 24.2. The molecule has 1 N–H and O–H groups in total. The molecule has 4 aromatic carbocycles. The van der Waals surface area contributed by atoms with Gasteiger partial charge in [0, 0.05) is 12.1 Å². The fraction of sp³-hybridized carbons (Fsp3) is 0.270. The average molecular weight is 556 g/mol. The first-order chi connectivity index (χ1) is 20.4. The lowest BCUT2D eigenvalue weighted by Gasteiger charge is -2.32. The van der Waals surface area contributed by atoms with Gasteiger partial charge in [-0.25, -0.2) is 0 Å². The Balaban J connectivity index is 1.37. The van der Waals surface area contributed by atoms with Crippen molar-refractivity contribution < 1.29 is 9.59 Å². The van der Waals surface area contributed by atoms with Gasteiger partial charge >= 0.3 is 0 Å². The van der Waals surface area contributed by atoms with Crippen molar-refractivity contribution in [2.75, 3.05) is 6.54 Å². The van der Waals surface area contributed by atoms with E-state index in [-0.39, 0.29) is 23.8 Å². The van der Waals surface area contributed by atoms with Gasteiger partial charge in [0.15, 0.2) is 0 Å². The molecule has 5 heteroatoms. The topological polar surface area (TPSA) is 73.2 Å². The van der Waals surface area contributed by atoms with E-state index in [0.29, 0.717) is 24.9 Å². The molecule has 212 valence electrons. The van der Waals surface area contributed by atoms with Gasteiger partial charge in [0.2, 0.25) is 5.91 Å². The van der Waals surface area contributed by atoms with Crippen molar-refractivity contribution in [3.8, 4) is 6.07 Å². The lowest BCUT2D eigenvalue weighted by atomic mass is 9.69. The van der Waals surface area contributed by atoms with E-state index in [1.807, 2.05) is 115 Å². The molecular formula is C37H37N3O2. The number of hydrogen-bond donors (Lipinski definition) is 1. The van der Waals surface area contributed by atoms with Crippen LogP contribution in [0.3, 0.4) is 0 Å². The zero-order valence-corrected chi connectivity index (χ0v) is 24.2. The first-order valence-corrected chi connectivity index (χ1v) is 14.7. The van der Waals surface area contributed by atoms with E-state index in [4.69, 9.17) is 0 Å². The standard InChI is InChI=1S/C37H37N3O2/c1-27(2)37(26-38,32-20-10-5-11-21-32)25-28-14-12-19-31(24-28)36(42)40-23-13-22-33(40)35(41)39-34(29-15-6-3-7-16-29)30-17-8-4-9-18-30/h3-12,14-21,24,27,33-34H,13,22-23,25H2,1-2H3,(H,39,41)/t33-,37?/m1/s1. The second-order valence-electron chi connectivity index (χ2n) is 11.4. The van der Waals surface area contributed by atoms with Gasteiger partial charge in [-0.05, 0) is 59.6 Å². The average Bonchev–Trinajstić information content (AvgIpc) is 3.54. The van der Waals surface area contributed by atoms with Crippen LogP contribution in [0.25, 0.3) is 0 Å². The van der Waals surface area contributed by atoms with Crippen LogP contribution in [0.4, 0.5) is 0 Å². The molecule has 5 nitrogen and oxygen atoms in total. The maximum Gasteiger partial charge on any atom is 0.254 e. The summed E-state index contributed by atoms with van der Waals surface area (Å²) in [4.78, 5) is 29.3. The van der Waals surface area contributed by atoms with Crippen LogP contribution in [-0.2, 0) is 16.6 Å². The van der Waals surface area contributed by atoms with Crippen LogP contribution in [0.1, 0.15) is 65.3 Å². The minimum absolute atomic E-state index is 0.0677. The lowest BCUT2D eigenvalue weighted by molar-refractivity contribution is -0.125. The quantitative estimate of drug-likeness (QED) is 0.245. The highest BCUT2D eigenvalue weighted by Crippen LogP contribution is 2.36. The Labute approximate surface area is 248 Å². The summed E-state index contributed by atoms with van der Waals surface area (Å²) in [5, 5.41) is 13.6. The number of amides is 2. The second kappa shape index (κ2) is 12.9. The minimum Gasteiger partial charge on any atom is -0.343 e. The van der Waals surface area contributed by atoms with Crippen molar-refractivity contribution in [1.29, 1.82) is 5.26 Å². The smallest absolute Gasteiger partial charge is 0.254 e. The van der Waals surface area contributed by atoms with Crippen LogP contribution in [0, 0.1) is 17.2 Å². The molecule has 42 heavy (non-hydrogen) atoms. The number of carbonyl (C=O) groups is 2. The Bertz CT molecular complexity index is 1510. The number of nitriles is 1. The number of hydrogen-bond acceptors (Lipinski definition) is 3. The van der Waals surface area contributed by atoms with E-state index in [1.165, 1.54) is 0 Å². The van der Waals surface area contributed by atoms with Gasteiger partial charge in [-0.1, -0.05) is 117 Å². The second-order valence-corrected chi connectivity index (χ2v) is 11.4. The first-order valence-electron chi connectivity index (χ1n) is 14.7. The molecule has 1 unspecified atom stereocenters. The monoisotopic (exact) mass is 555 g/mol. The van der Waals surface area contributed by atoms with E-state index in [1.54, 1.807) is 4.90 Å². The Morgan fingerprint density at radius 3 is 2.05 bits per heavy atom. The van der Waals surface area contributed by atoms with Crippen LogP contribution in [0.15, 0.2) is 115 Å². The molecule has 0 aromatic heterocycles. The Morgan fingerprint density at radius 2 is 1.48 bits per heavy atom. The molecule has 0 aliphatic carbocycles. The summed E-state index contributed by atoms with van der Waals surface area (Å²) in [5.41, 5.74) is 3.70. The summed E-state index contributed by atoms with van der Waals surface area (Å²) in [6.07, 6.45) is 1.88. The Hall–Kier alpha value is -4.69.